The van der Waals surface area contributed by atoms with Gasteiger partial charge in [0.15, 0.2) is 0 Å². The van der Waals surface area contributed by atoms with Crippen molar-refractivity contribution in [1.29, 1.82) is 0 Å². The molecular weight excluding hydrogens is 244 g/mol. The van der Waals surface area contributed by atoms with Gasteiger partial charge in [-0.2, -0.15) is 0 Å². The second-order valence-electron chi connectivity index (χ2n) is 6.21. The van der Waals surface area contributed by atoms with Crippen LogP contribution in [0.4, 0.5) is 0 Å². The number of carboxylic acid groups (broad SMARTS) is 1. The summed E-state index contributed by atoms with van der Waals surface area (Å²) in [4.78, 5) is 25.9. The molecule has 19 heavy (non-hydrogen) atoms. The van der Waals surface area contributed by atoms with Crippen molar-refractivity contribution in [2.45, 2.75) is 45.6 Å². The SMILES string of the molecule is CC1CCCN(C(=O)C2(C)CCNCC2)C1C(=O)O. The minimum absolute atomic E-state index is 0.0351. The second kappa shape index (κ2) is 5.49. The molecule has 0 radical (unpaired) electrons. The van der Waals surface area contributed by atoms with Crippen molar-refractivity contribution in [3.63, 3.8) is 0 Å². The van der Waals surface area contributed by atoms with Crippen molar-refractivity contribution < 1.29 is 14.7 Å². The quantitative estimate of drug-likeness (QED) is 0.786. The summed E-state index contributed by atoms with van der Waals surface area (Å²) in [5.74, 6) is -0.786. The molecule has 2 N–H and O–H groups in total. The lowest BCUT2D eigenvalue weighted by molar-refractivity contribution is -0.160. The molecule has 0 aromatic carbocycles. The van der Waals surface area contributed by atoms with Gasteiger partial charge in [-0.1, -0.05) is 13.8 Å². The van der Waals surface area contributed by atoms with Crippen molar-refractivity contribution in [1.82, 2.24) is 10.2 Å². The first-order valence-electron chi connectivity index (χ1n) is 7.20. The molecular formula is C14H24N2O3. The summed E-state index contributed by atoms with van der Waals surface area (Å²) >= 11 is 0. The van der Waals surface area contributed by atoms with Crippen LogP contribution in [0.15, 0.2) is 0 Å². The summed E-state index contributed by atoms with van der Waals surface area (Å²) in [6.07, 6.45) is 3.39. The number of aliphatic carboxylic acids is 1. The van der Waals surface area contributed by atoms with Crippen molar-refractivity contribution in [3.8, 4) is 0 Å². The Morgan fingerprint density at radius 1 is 1.32 bits per heavy atom. The third-order valence-corrected chi connectivity index (χ3v) is 4.67. The molecule has 0 spiro atoms. The first-order chi connectivity index (χ1) is 8.96. The van der Waals surface area contributed by atoms with E-state index in [1.165, 1.54) is 0 Å². The van der Waals surface area contributed by atoms with Gasteiger partial charge in [-0.15, -0.1) is 0 Å². The summed E-state index contributed by atoms with van der Waals surface area (Å²) in [6.45, 7) is 6.17. The predicted octanol–water partition coefficient (Wildman–Crippen LogP) is 1.09. The lowest BCUT2D eigenvalue weighted by Gasteiger charge is -2.43. The van der Waals surface area contributed by atoms with Crippen LogP contribution < -0.4 is 5.32 Å². The third kappa shape index (κ3) is 2.76. The molecule has 2 fully saturated rings. The number of piperidine rings is 2. The van der Waals surface area contributed by atoms with Crippen LogP contribution in [0.2, 0.25) is 0 Å². The largest absolute Gasteiger partial charge is 0.480 e. The van der Waals surface area contributed by atoms with Gasteiger partial charge < -0.3 is 15.3 Å². The van der Waals surface area contributed by atoms with Crippen LogP contribution in [0.5, 0.6) is 0 Å². The maximum atomic E-state index is 12.8. The van der Waals surface area contributed by atoms with E-state index in [9.17, 15) is 14.7 Å². The molecule has 0 aromatic rings. The van der Waals surface area contributed by atoms with Gasteiger partial charge in [0.1, 0.15) is 6.04 Å². The molecule has 2 aliphatic rings. The van der Waals surface area contributed by atoms with Gasteiger partial charge in [0.05, 0.1) is 0 Å². The Morgan fingerprint density at radius 3 is 2.53 bits per heavy atom. The van der Waals surface area contributed by atoms with E-state index in [-0.39, 0.29) is 11.8 Å². The van der Waals surface area contributed by atoms with Crippen LogP contribution in [0.3, 0.4) is 0 Å². The first kappa shape index (κ1) is 14.3. The Balaban J connectivity index is 2.17. The van der Waals surface area contributed by atoms with Gasteiger partial charge in [-0.05, 0) is 44.7 Å². The van der Waals surface area contributed by atoms with Crippen molar-refractivity contribution in [2.24, 2.45) is 11.3 Å². The number of likely N-dealkylation sites (tertiary alicyclic amines) is 1. The molecule has 2 aliphatic heterocycles. The van der Waals surface area contributed by atoms with Crippen molar-refractivity contribution >= 4 is 11.9 Å². The molecule has 0 bridgehead atoms. The smallest absolute Gasteiger partial charge is 0.326 e. The number of amides is 1. The number of nitrogens with zero attached hydrogens (tertiary/aromatic N) is 1. The molecule has 108 valence electrons. The summed E-state index contributed by atoms with van der Waals surface area (Å²) in [6, 6.07) is -0.645. The highest BCUT2D eigenvalue weighted by Gasteiger charge is 2.44. The molecule has 0 aliphatic carbocycles. The van der Waals surface area contributed by atoms with E-state index in [2.05, 4.69) is 5.32 Å². The third-order valence-electron chi connectivity index (χ3n) is 4.67. The van der Waals surface area contributed by atoms with Gasteiger partial charge >= 0.3 is 5.97 Å². The van der Waals surface area contributed by atoms with E-state index in [4.69, 9.17) is 0 Å². The van der Waals surface area contributed by atoms with Gasteiger partial charge in [0.25, 0.3) is 0 Å². The lowest BCUT2D eigenvalue weighted by atomic mass is 9.78. The molecule has 2 atom stereocenters. The first-order valence-corrected chi connectivity index (χ1v) is 7.20. The Bertz CT molecular complexity index is 364. The van der Waals surface area contributed by atoms with E-state index in [0.29, 0.717) is 6.54 Å². The zero-order valence-corrected chi connectivity index (χ0v) is 11.8. The molecule has 2 rings (SSSR count). The topological polar surface area (TPSA) is 69.6 Å². The molecule has 5 heteroatoms. The van der Waals surface area contributed by atoms with Crippen LogP contribution in [-0.4, -0.2) is 47.6 Å². The van der Waals surface area contributed by atoms with Crippen LogP contribution in [0, 0.1) is 11.3 Å². The highest BCUT2D eigenvalue weighted by Crippen LogP contribution is 2.34. The number of carbonyl (C=O) groups excluding carboxylic acids is 1. The van der Waals surface area contributed by atoms with Crippen molar-refractivity contribution in [3.05, 3.63) is 0 Å². The van der Waals surface area contributed by atoms with E-state index in [1.54, 1.807) is 4.90 Å². The monoisotopic (exact) mass is 268 g/mol. The van der Waals surface area contributed by atoms with Crippen LogP contribution in [0.1, 0.15) is 39.5 Å². The fourth-order valence-electron chi connectivity index (χ4n) is 3.33. The summed E-state index contributed by atoms with van der Waals surface area (Å²) in [5.41, 5.74) is -0.393. The number of hydrogen-bond donors (Lipinski definition) is 2. The number of hydrogen-bond acceptors (Lipinski definition) is 3. The zero-order chi connectivity index (χ0) is 14.0. The Morgan fingerprint density at radius 2 is 1.95 bits per heavy atom. The average molecular weight is 268 g/mol. The van der Waals surface area contributed by atoms with E-state index in [1.807, 2.05) is 13.8 Å². The predicted molar refractivity (Wildman–Crippen MR) is 71.7 cm³/mol. The molecule has 5 nitrogen and oxygen atoms in total. The van der Waals surface area contributed by atoms with Crippen LogP contribution in [-0.2, 0) is 9.59 Å². The number of nitrogens with one attached hydrogen (secondary N) is 1. The van der Waals surface area contributed by atoms with Crippen LogP contribution in [0.25, 0.3) is 0 Å². The second-order valence-corrected chi connectivity index (χ2v) is 6.21. The Kier molecular flexibility index (Phi) is 4.13. The summed E-state index contributed by atoms with van der Waals surface area (Å²) < 4.78 is 0. The van der Waals surface area contributed by atoms with Crippen molar-refractivity contribution in [2.75, 3.05) is 19.6 Å². The van der Waals surface area contributed by atoms with Crippen LogP contribution >= 0.6 is 0 Å². The normalized spacial score (nSPS) is 30.9. The Hall–Kier alpha value is -1.10. The summed E-state index contributed by atoms with van der Waals surface area (Å²) in [5, 5.41) is 12.7. The molecule has 0 aromatic heterocycles. The van der Waals surface area contributed by atoms with E-state index in [0.717, 1.165) is 38.8 Å². The average Bonchev–Trinajstić information content (AvgIpc) is 2.38. The number of rotatable bonds is 2. The zero-order valence-electron chi connectivity index (χ0n) is 11.8. The molecule has 1 amide bonds. The molecule has 2 heterocycles. The molecule has 2 saturated heterocycles. The van der Waals surface area contributed by atoms with Gasteiger partial charge in [0.2, 0.25) is 5.91 Å². The van der Waals surface area contributed by atoms with E-state index >= 15 is 0 Å². The maximum absolute atomic E-state index is 12.8. The van der Waals surface area contributed by atoms with Gasteiger partial charge in [-0.25, -0.2) is 4.79 Å². The lowest BCUT2D eigenvalue weighted by Crippen LogP contribution is -2.57. The molecule has 0 saturated carbocycles. The van der Waals surface area contributed by atoms with E-state index < -0.39 is 17.4 Å². The van der Waals surface area contributed by atoms with Gasteiger partial charge in [0, 0.05) is 12.0 Å². The number of carbonyl (C=O) groups is 2. The fraction of sp³-hybridized carbons (Fsp3) is 0.857. The highest BCUT2D eigenvalue weighted by atomic mass is 16.4. The highest BCUT2D eigenvalue weighted by molar-refractivity contribution is 5.87. The molecule has 2 unspecified atom stereocenters. The summed E-state index contributed by atoms with van der Waals surface area (Å²) in [7, 11) is 0. The maximum Gasteiger partial charge on any atom is 0.326 e. The standard InChI is InChI=1S/C14H24N2O3/c1-10-4-3-9-16(11(10)12(17)18)13(19)14(2)5-7-15-8-6-14/h10-11,15H,3-9H2,1-2H3,(H,17,18). The minimum atomic E-state index is -0.863. The van der Waals surface area contributed by atoms with Gasteiger partial charge in [-0.3, -0.25) is 4.79 Å². The number of carboxylic acids is 1. The minimum Gasteiger partial charge on any atom is -0.480 e. The fourth-order valence-corrected chi connectivity index (χ4v) is 3.33. The Labute approximate surface area is 114 Å².